The maximum atomic E-state index is 13.9. The molecule has 3 amide bonds. The van der Waals surface area contributed by atoms with Crippen molar-refractivity contribution in [3.05, 3.63) is 204 Å². The number of nitrogens with one attached hydrogen (secondary N) is 5. The fraction of sp³-hybridized carbons (Fsp3) is 0.250. The van der Waals surface area contributed by atoms with Gasteiger partial charge in [0.15, 0.2) is 0 Å². The van der Waals surface area contributed by atoms with Crippen LogP contribution in [0.2, 0.25) is 0 Å². The fourth-order valence-electron chi connectivity index (χ4n) is 7.75. The number of aryl methyl sites for hydroxylation is 5. The molecule has 0 saturated heterocycles. The Kier molecular flexibility index (Phi) is 20.7. The summed E-state index contributed by atoms with van der Waals surface area (Å²) in [5.74, 6) is -0.689. The number of carbonyl (C=O) groups is 3. The van der Waals surface area contributed by atoms with Gasteiger partial charge in [-0.25, -0.2) is 28.7 Å². The van der Waals surface area contributed by atoms with Crippen molar-refractivity contribution >= 4 is 35.2 Å². The van der Waals surface area contributed by atoms with Gasteiger partial charge in [-0.05, 0) is 88.4 Å². The van der Waals surface area contributed by atoms with E-state index in [9.17, 15) is 32.8 Å². The number of carbonyl (C=O) groups excluding carboxylic acids is 3. The van der Waals surface area contributed by atoms with E-state index in [-0.39, 0.29) is 54.8 Å². The van der Waals surface area contributed by atoms with Gasteiger partial charge in [-0.1, -0.05) is 91.9 Å². The van der Waals surface area contributed by atoms with Gasteiger partial charge in [0.1, 0.15) is 29.1 Å². The molecule has 9 aromatic rings. The molecule has 78 heavy (non-hydrogen) atoms. The average Bonchev–Trinajstić information content (AvgIpc) is 4.18. The molecule has 6 heterocycles. The van der Waals surface area contributed by atoms with E-state index in [1.54, 1.807) is 67.7 Å². The van der Waals surface area contributed by atoms with E-state index in [0.29, 0.717) is 83.0 Å². The quantitative estimate of drug-likeness (QED) is 0.0683. The third kappa shape index (κ3) is 14.0. The molecular formula is C56H63F2N15O5. The van der Waals surface area contributed by atoms with E-state index < -0.39 is 23.4 Å². The molecule has 0 fully saturated rings. The molecule has 5 N–H and O–H groups in total. The number of benzene rings is 3. The van der Waals surface area contributed by atoms with Gasteiger partial charge in [-0.3, -0.25) is 33.9 Å². The highest BCUT2D eigenvalue weighted by Crippen LogP contribution is 2.20. The summed E-state index contributed by atoms with van der Waals surface area (Å²) in [7, 11) is 0. The summed E-state index contributed by atoms with van der Waals surface area (Å²) >= 11 is 0. The van der Waals surface area contributed by atoms with Gasteiger partial charge in [0.05, 0.1) is 40.1 Å². The summed E-state index contributed by atoms with van der Waals surface area (Å²) in [6, 6.07) is 27.2. The van der Waals surface area contributed by atoms with E-state index in [0.717, 1.165) is 17.8 Å². The predicted molar refractivity (Wildman–Crippen MR) is 296 cm³/mol. The Morgan fingerprint density at radius 1 is 0.526 bits per heavy atom. The summed E-state index contributed by atoms with van der Waals surface area (Å²) in [6.45, 7) is 13.2. The first kappa shape index (κ1) is 59.3. The van der Waals surface area contributed by atoms with Crippen molar-refractivity contribution in [1.82, 2.24) is 59.2 Å². The van der Waals surface area contributed by atoms with Crippen LogP contribution in [0.1, 0.15) is 120 Å². The highest BCUT2D eigenvalue weighted by atomic mass is 19.1. The zero-order valence-corrected chi connectivity index (χ0v) is 42.8. The molecule has 0 aliphatic rings. The summed E-state index contributed by atoms with van der Waals surface area (Å²) in [4.78, 5) is 84.8. The van der Waals surface area contributed by atoms with Crippen LogP contribution >= 0.6 is 0 Å². The number of amides is 3. The molecule has 0 bridgehead atoms. The van der Waals surface area contributed by atoms with Gasteiger partial charge in [0, 0.05) is 46.8 Å². The molecule has 20 nitrogen and oxygen atoms in total. The summed E-state index contributed by atoms with van der Waals surface area (Å²) in [5.41, 5.74) is 4.89. The number of H-pyrrole nitrogens is 2. The molecule has 0 aliphatic heterocycles. The molecule has 0 atom stereocenters. The largest absolute Gasteiger partial charge is 0.306 e. The third-order valence-corrected chi connectivity index (χ3v) is 11.5. The Bertz CT molecular complexity index is 3640. The molecule has 406 valence electrons. The standard InChI is InChI=1S/C19H20FN5O2.C19H21N5O2.C16H14FN5O.2CH4/c1-4-12-15(5-2)21-19(23-17(12)26)25-16(10-11(3)24-25)22-18(27)13-8-6-7-9-14(13)20;1-4-14-15(5-2)20-19(22-18(14)26)24-16(11-12(3)23-24)21-17(25)13-9-7-6-8-10-13;1-2-11-7-9-18-16(20-11)22-14(8-10-19-22)21-15(23)12-5-3-4-6-13(12)17;;/h6-10H,4-5H2,1-3H3,(H,22,27)(H,21,23,26);6-11H,4-5H2,1-3H3,(H,21,25)(H,20,22,26);3-10H,2H2,1H3,(H,21,23);2*1H4. The second-order valence-corrected chi connectivity index (χ2v) is 16.7. The minimum Gasteiger partial charge on any atom is -0.306 e. The molecule has 0 saturated carbocycles. The van der Waals surface area contributed by atoms with E-state index >= 15 is 0 Å². The van der Waals surface area contributed by atoms with Crippen LogP contribution in [0, 0.1) is 25.5 Å². The van der Waals surface area contributed by atoms with Gasteiger partial charge in [0.2, 0.25) is 11.9 Å². The van der Waals surface area contributed by atoms with Gasteiger partial charge < -0.3 is 16.0 Å². The molecule has 6 aromatic heterocycles. The van der Waals surface area contributed by atoms with Crippen molar-refractivity contribution in [1.29, 1.82) is 0 Å². The zero-order chi connectivity index (χ0) is 54.5. The van der Waals surface area contributed by atoms with Crippen LogP contribution in [-0.2, 0) is 32.1 Å². The van der Waals surface area contributed by atoms with Crippen molar-refractivity contribution in [2.75, 3.05) is 16.0 Å². The zero-order valence-electron chi connectivity index (χ0n) is 42.8. The number of halogens is 2. The Hall–Kier alpha value is -9.60. The summed E-state index contributed by atoms with van der Waals surface area (Å²) < 4.78 is 31.7. The Balaban J connectivity index is 0.000000213. The fourth-order valence-corrected chi connectivity index (χ4v) is 7.75. The van der Waals surface area contributed by atoms with Crippen molar-refractivity contribution < 1.29 is 23.2 Å². The molecule has 0 unspecified atom stereocenters. The lowest BCUT2D eigenvalue weighted by molar-refractivity contribution is 0.101. The average molecular weight is 1060 g/mol. The molecule has 0 spiro atoms. The highest BCUT2D eigenvalue weighted by Gasteiger charge is 2.20. The van der Waals surface area contributed by atoms with Crippen LogP contribution in [0.3, 0.4) is 0 Å². The van der Waals surface area contributed by atoms with Gasteiger partial charge in [0.25, 0.3) is 34.8 Å². The number of aromatic nitrogens is 12. The minimum absolute atomic E-state index is 0. The number of nitrogens with zero attached hydrogens (tertiary/aromatic N) is 10. The molecular weight excluding hydrogens is 1000 g/mol. The second kappa shape index (κ2) is 27.3. The van der Waals surface area contributed by atoms with Crippen molar-refractivity contribution in [2.24, 2.45) is 0 Å². The monoisotopic (exact) mass is 1060 g/mol. The second-order valence-electron chi connectivity index (χ2n) is 16.7. The molecule has 0 aliphatic carbocycles. The van der Waals surface area contributed by atoms with Gasteiger partial charge in [-0.2, -0.15) is 29.3 Å². The molecule has 0 radical (unpaired) electrons. The topological polar surface area (TPSA) is 258 Å². The van der Waals surface area contributed by atoms with E-state index in [4.69, 9.17) is 0 Å². The van der Waals surface area contributed by atoms with Crippen molar-refractivity contribution in [3.63, 3.8) is 0 Å². The number of hydrogen-bond donors (Lipinski definition) is 5. The van der Waals surface area contributed by atoms with E-state index in [1.807, 2.05) is 53.7 Å². The van der Waals surface area contributed by atoms with E-state index in [1.165, 1.54) is 56.6 Å². The lowest BCUT2D eigenvalue weighted by Crippen LogP contribution is -2.23. The predicted octanol–water partition coefficient (Wildman–Crippen LogP) is 9.31. The van der Waals surface area contributed by atoms with Crippen LogP contribution in [0.15, 0.2) is 125 Å². The third-order valence-electron chi connectivity index (χ3n) is 11.5. The molecule has 22 heteroatoms. The smallest absolute Gasteiger partial charge is 0.259 e. The number of anilines is 3. The minimum atomic E-state index is -0.620. The lowest BCUT2D eigenvalue weighted by Gasteiger charge is -2.11. The highest BCUT2D eigenvalue weighted by molar-refractivity contribution is 6.05. The number of aromatic amines is 2. The van der Waals surface area contributed by atoms with Crippen LogP contribution in [0.5, 0.6) is 0 Å². The number of hydrogen-bond acceptors (Lipinski definition) is 12. The first-order chi connectivity index (χ1) is 36.7. The summed E-state index contributed by atoms with van der Waals surface area (Å²) in [6.07, 6.45) is 6.32. The molecule has 9 rings (SSSR count). The maximum absolute atomic E-state index is 13.9. The van der Waals surface area contributed by atoms with Crippen LogP contribution in [0.25, 0.3) is 17.8 Å². The molecule has 3 aromatic carbocycles. The Morgan fingerprint density at radius 2 is 0.987 bits per heavy atom. The normalized spacial score (nSPS) is 10.4. The first-order valence-electron chi connectivity index (χ1n) is 24.4. The van der Waals surface area contributed by atoms with Crippen LogP contribution < -0.4 is 27.1 Å². The van der Waals surface area contributed by atoms with Crippen LogP contribution in [0.4, 0.5) is 26.2 Å². The van der Waals surface area contributed by atoms with Gasteiger partial charge >= 0.3 is 0 Å². The van der Waals surface area contributed by atoms with Crippen molar-refractivity contribution in [3.8, 4) is 17.8 Å². The number of rotatable bonds is 14. The first-order valence-corrected chi connectivity index (χ1v) is 24.4. The Morgan fingerprint density at radius 3 is 1.45 bits per heavy atom. The van der Waals surface area contributed by atoms with Gasteiger partial charge in [-0.15, -0.1) is 0 Å². The Labute approximate surface area is 449 Å². The lowest BCUT2D eigenvalue weighted by atomic mass is 10.1. The van der Waals surface area contributed by atoms with Crippen molar-refractivity contribution in [2.45, 2.75) is 95.4 Å². The SMILES string of the molecule is C.C.CCc1ccnc(-n2nccc2NC(=O)c2ccccc2F)n1.CCc1nc(-n2nc(C)cc2NC(=O)c2ccccc2)[nH]c(=O)c1CC.CCc1nc(-n2nc(C)cc2NC(=O)c2ccccc2F)[nH]c(=O)c1CC. The van der Waals surface area contributed by atoms with Crippen LogP contribution in [-0.4, -0.2) is 77.0 Å². The summed E-state index contributed by atoms with van der Waals surface area (Å²) in [5, 5.41) is 20.9. The van der Waals surface area contributed by atoms with E-state index in [2.05, 4.69) is 61.2 Å². The maximum Gasteiger partial charge on any atom is 0.259 e.